The molecule has 3 rings (SSSR count). The van der Waals surface area contributed by atoms with Gasteiger partial charge >= 0.3 is 5.97 Å². The molecule has 1 aromatic heterocycles. The lowest BCUT2D eigenvalue weighted by atomic mass is 9.95. The van der Waals surface area contributed by atoms with Crippen LogP contribution in [0, 0.1) is 0 Å². The Morgan fingerprint density at radius 1 is 1.21 bits per heavy atom. The third-order valence-corrected chi connectivity index (χ3v) is 4.93. The van der Waals surface area contributed by atoms with Crippen molar-refractivity contribution in [3.05, 3.63) is 47.4 Å². The molecule has 0 unspecified atom stereocenters. The number of anilines is 1. The van der Waals surface area contributed by atoms with Crippen LogP contribution in [0.5, 0.6) is 5.75 Å². The summed E-state index contributed by atoms with van der Waals surface area (Å²) in [6.45, 7) is 4.46. The first kappa shape index (κ1) is 19.9. The number of allylic oxidation sites excluding steroid dienone is 1. The second kappa shape index (κ2) is 9.39. The Morgan fingerprint density at radius 2 is 2.00 bits per heavy atom. The first-order chi connectivity index (χ1) is 13.7. The van der Waals surface area contributed by atoms with Crippen LogP contribution in [0.1, 0.15) is 57.6 Å². The number of nitrogens with one attached hydrogen (secondary N) is 1. The second-order valence-electron chi connectivity index (χ2n) is 6.89. The molecule has 0 saturated heterocycles. The lowest BCUT2D eigenvalue weighted by Gasteiger charge is -2.29. The van der Waals surface area contributed by atoms with Crippen molar-refractivity contribution in [2.24, 2.45) is 0 Å². The van der Waals surface area contributed by atoms with Gasteiger partial charge in [0.15, 0.2) is 0 Å². The Balaban J connectivity index is 1.84. The zero-order valence-corrected chi connectivity index (χ0v) is 16.8. The number of para-hydroxylation sites is 1. The first-order valence-corrected chi connectivity index (χ1v) is 9.84. The van der Waals surface area contributed by atoms with Crippen LogP contribution in [0.25, 0.3) is 0 Å². The molecule has 1 aromatic carbocycles. The average molecular weight is 384 g/mol. The number of methoxy groups -OCH3 is 1. The van der Waals surface area contributed by atoms with Crippen molar-refractivity contribution < 1.29 is 14.3 Å². The highest BCUT2D eigenvalue weighted by Crippen LogP contribution is 2.38. The van der Waals surface area contributed by atoms with Crippen molar-refractivity contribution >= 4 is 11.9 Å². The van der Waals surface area contributed by atoms with E-state index in [4.69, 9.17) is 9.47 Å². The number of hydrogen-bond donors (Lipinski definition) is 1. The number of ether oxygens (including phenoxy) is 2. The van der Waals surface area contributed by atoms with Crippen LogP contribution >= 0.6 is 0 Å². The number of fused-ring (bicyclic) bond motifs is 1. The van der Waals surface area contributed by atoms with Gasteiger partial charge < -0.3 is 14.8 Å². The van der Waals surface area contributed by atoms with Gasteiger partial charge in [-0.15, -0.1) is 0 Å². The zero-order chi connectivity index (χ0) is 19.9. The maximum atomic E-state index is 13.0. The van der Waals surface area contributed by atoms with E-state index in [1.165, 1.54) is 25.6 Å². The minimum atomic E-state index is -0.456. The highest BCUT2D eigenvalue weighted by molar-refractivity contribution is 5.92. The van der Waals surface area contributed by atoms with Crippen LogP contribution in [0.4, 0.5) is 5.95 Å². The van der Waals surface area contributed by atoms with Gasteiger partial charge in [0.05, 0.1) is 19.3 Å². The molecule has 7 nitrogen and oxygen atoms in total. The lowest BCUT2D eigenvalue weighted by Crippen LogP contribution is -2.30. The monoisotopic (exact) mass is 384 g/mol. The number of benzene rings is 1. The van der Waals surface area contributed by atoms with Gasteiger partial charge in [-0.2, -0.15) is 10.1 Å². The van der Waals surface area contributed by atoms with Gasteiger partial charge in [-0.25, -0.2) is 9.48 Å². The third-order valence-electron chi connectivity index (χ3n) is 4.93. The number of rotatable bonds is 9. The summed E-state index contributed by atoms with van der Waals surface area (Å²) in [7, 11) is 1.62. The smallest absolute Gasteiger partial charge is 0.338 e. The van der Waals surface area contributed by atoms with Gasteiger partial charge in [0.2, 0.25) is 5.95 Å². The lowest BCUT2D eigenvalue weighted by molar-refractivity contribution is -0.139. The van der Waals surface area contributed by atoms with E-state index in [2.05, 4.69) is 22.3 Å². The van der Waals surface area contributed by atoms with E-state index < -0.39 is 6.04 Å². The van der Waals surface area contributed by atoms with Crippen LogP contribution in [0.3, 0.4) is 0 Å². The van der Waals surface area contributed by atoms with E-state index in [0.717, 1.165) is 18.4 Å². The fourth-order valence-electron chi connectivity index (χ4n) is 3.48. The van der Waals surface area contributed by atoms with Crippen molar-refractivity contribution in [1.82, 2.24) is 14.8 Å². The molecule has 0 bridgehead atoms. The van der Waals surface area contributed by atoms with E-state index >= 15 is 0 Å². The molecule has 28 heavy (non-hydrogen) atoms. The summed E-state index contributed by atoms with van der Waals surface area (Å²) in [5.74, 6) is 0.940. The van der Waals surface area contributed by atoms with E-state index in [1.54, 1.807) is 11.8 Å². The van der Waals surface area contributed by atoms with Gasteiger partial charge in [-0.05, 0) is 19.4 Å². The highest BCUT2D eigenvalue weighted by atomic mass is 16.5. The molecular formula is C21H28N4O3. The molecule has 0 aliphatic carbocycles. The summed E-state index contributed by atoms with van der Waals surface area (Å²) >= 11 is 0. The van der Waals surface area contributed by atoms with Gasteiger partial charge in [-0.1, -0.05) is 50.8 Å². The van der Waals surface area contributed by atoms with Gasteiger partial charge in [-0.3, -0.25) is 0 Å². The van der Waals surface area contributed by atoms with Crippen LogP contribution in [-0.2, 0) is 9.53 Å². The van der Waals surface area contributed by atoms with Crippen LogP contribution in [0.15, 0.2) is 41.9 Å². The van der Waals surface area contributed by atoms with Crippen LogP contribution in [-0.4, -0.2) is 34.5 Å². The molecule has 1 atom stereocenters. The Labute approximate surface area is 165 Å². The number of unbranched alkanes of at least 4 members (excludes halogenated alkanes) is 4. The molecule has 0 radical (unpaired) electrons. The number of aromatic nitrogens is 3. The van der Waals surface area contributed by atoms with Crippen LogP contribution in [0.2, 0.25) is 0 Å². The number of carbonyl (C=O) groups is 1. The molecule has 150 valence electrons. The Morgan fingerprint density at radius 3 is 2.79 bits per heavy atom. The van der Waals surface area contributed by atoms with E-state index in [0.29, 0.717) is 29.6 Å². The molecule has 1 aliphatic heterocycles. The molecule has 0 spiro atoms. The Bertz CT molecular complexity index is 844. The van der Waals surface area contributed by atoms with Crippen molar-refractivity contribution in [3.63, 3.8) is 0 Å². The van der Waals surface area contributed by atoms with E-state index in [1.807, 2.05) is 31.2 Å². The number of carbonyl (C=O) groups excluding carboxylic acids is 1. The van der Waals surface area contributed by atoms with Gasteiger partial charge in [0.25, 0.3) is 0 Å². The minimum Gasteiger partial charge on any atom is -0.496 e. The van der Waals surface area contributed by atoms with Crippen molar-refractivity contribution in [3.8, 4) is 5.75 Å². The molecule has 0 amide bonds. The van der Waals surface area contributed by atoms with Crippen molar-refractivity contribution in [2.75, 3.05) is 19.0 Å². The summed E-state index contributed by atoms with van der Waals surface area (Å²) in [6, 6.07) is 7.17. The van der Waals surface area contributed by atoms with Gasteiger partial charge in [0.1, 0.15) is 18.1 Å². The zero-order valence-electron chi connectivity index (χ0n) is 16.8. The first-order valence-electron chi connectivity index (χ1n) is 9.84. The molecule has 1 aliphatic rings. The standard InChI is InChI=1S/C21H28N4O3/c1-4-5-6-7-10-13-28-20(26)18-15(2)24-21-22-14-23-25(21)19(18)16-11-8-9-12-17(16)27-3/h8-9,11-12,14,19H,4-7,10,13H2,1-3H3,(H,22,23,24)/t19-/m0/s1. The fraction of sp³-hybridized carbons (Fsp3) is 0.476. The SMILES string of the molecule is CCCCCCCOC(=O)C1=C(C)Nc2ncnn2[C@H]1c1ccccc1OC. The molecule has 2 heterocycles. The number of esters is 1. The largest absolute Gasteiger partial charge is 0.496 e. The summed E-state index contributed by atoms with van der Waals surface area (Å²) in [4.78, 5) is 17.2. The quantitative estimate of drug-likeness (QED) is 0.518. The van der Waals surface area contributed by atoms with E-state index in [9.17, 15) is 4.79 Å². The second-order valence-corrected chi connectivity index (χ2v) is 6.89. The Kier molecular flexibility index (Phi) is 6.68. The minimum absolute atomic E-state index is 0.336. The third kappa shape index (κ3) is 4.18. The van der Waals surface area contributed by atoms with Crippen molar-refractivity contribution in [2.45, 2.75) is 52.0 Å². The molecular weight excluding hydrogens is 356 g/mol. The average Bonchev–Trinajstić information content (AvgIpc) is 3.17. The number of hydrogen-bond acceptors (Lipinski definition) is 6. The molecule has 1 N–H and O–H groups in total. The maximum Gasteiger partial charge on any atom is 0.338 e. The topological polar surface area (TPSA) is 78.3 Å². The highest BCUT2D eigenvalue weighted by Gasteiger charge is 2.35. The summed E-state index contributed by atoms with van der Waals surface area (Å²) in [6.07, 6.45) is 6.99. The Hall–Kier alpha value is -2.83. The number of nitrogens with zero attached hydrogens (tertiary/aromatic N) is 3. The fourth-order valence-corrected chi connectivity index (χ4v) is 3.48. The molecule has 0 fully saturated rings. The maximum absolute atomic E-state index is 13.0. The van der Waals surface area contributed by atoms with Crippen molar-refractivity contribution in [1.29, 1.82) is 0 Å². The summed E-state index contributed by atoms with van der Waals surface area (Å²) < 4.78 is 12.8. The summed E-state index contributed by atoms with van der Waals surface area (Å²) in [5, 5.41) is 7.49. The van der Waals surface area contributed by atoms with Gasteiger partial charge in [0, 0.05) is 11.3 Å². The summed E-state index contributed by atoms with van der Waals surface area (Å²) in [5.41, 5.74) is 2.08. The predicted molar refractivity (Wildman–Crippen MR) is 107 cm³/mol. The predicted octanol–water partition coefficient (Wildman–Crippen LogP) is 4.09. The van der Waals surface area contributed by atoms with E-state index in [-0.39, 0.29) is 5.97 Å². The normalized spacial score (nSPS) is 15.8. The molecule has 7 heteroatoms. The van der Waals surface area contributed by atoms with Crippen LogP contribution < -0.4 is 10.1 Å². The molecule has 2 aromatic rings. The molecule has 0 saturated carbocycles.